The second kappa shape index (κ2) is 6.36. The van der Waals surface area contributed by atoms with E-state index >= 15 is 0 Å². The van der Waals surface area contributed by atoms with Crippen LogP contribution in [-0.2, 0) is 9.59 Å². The van der Waals surface area contributed by atoms with Crippen molar-refractivity contribution in [2.75, 3.05) is 0 Å². The van der Waals surface area contributed by atoms with Crippen LogP contribution in [0.4, 0.5) is 4.79 Å². The van der Waals surface area contributed by atoms with E-state index in [0.29, 0.717) is 24.7 Å². The van der Waals surface area contributed by atoms with Gasteiger partial charge in [0.05, 0.1) is 5.60 Å². The Bertz CT molecular complexity index is 822. The second-order valence-corrected chi connectivity index (χ2v) is 12.2. The number of hydrogen-bond acceptors (Lipinski definition) is 4. The average molecular weight is 434 g/mol. The first-order chi connectivity index (χ1) is 14.3. The maximum absolute atomic E-state index is 14.2. The molecular formula is C23H35N3O5. The molecule has 5 aliphatic carbocycles. The van der Waals surface area contributed by atoms with Crippen LogP contribution in [0.2, 0.25) is 0 Å². The maximum Gasteiger partial charge on any atom is 0.408 e. The fourth-order valence-corrected chi connectivity index (χ4v) is 8.20. The van der Waals surface area contributed by atoms with Gasteiger partial charge in [0, 0.05) is 17.0 Å². The van der Waals surface area contributed by atoms with Gasteiger partial charge >= 0.3 is 6.09 Å². The fraction of sp³-hybridized carbons (Fsp3) is 0.870. The number of rotatable bonds is 4. The minimum Gasteiger partial charge on any atom is -0.465 e. The van der Waals surface area contributed by atoms with Crippen LogP contribution in [-0.4, -0.2) is 67.2 Å². The number of piperidine rings is 1. The van der Waals surface area contributed by atoms with Gasteiger partial charge in [0.1, 0.15) is 12.1 Å². The summed E-state index contributed by atoms with van der Waals surface area (Å²) in [5, 5.41) is 21.6. The number of likely N-dealkylation sites (tertiary alicyclic amines) is 1. The summed E-state index contributed by atoms with van der Waals surface area (Å²) in [7, 11) is 0. The molecule has 3 amide bonds. The van der Waals surface area contributed by atoms with Crippen LogP contribution in [0.1, 0.15) is 72.1 Å². The number of carbonyl (C=O) groups is 3. The molecule has 31 heavy (non-hydrogen) atoms. The van der Waals surface area contributed by atoms with E-state index in [0.717, 1.165) is 38.5 Å². The number of hydrogen-bond donors (Lipinski definition) is 3. The van der Waals surface area contributed by atoms with Gasteiger partial charge in [-0.05, 0) is 89.9 Å². The number of carboxylic acid groups (broad SMARTS) is 1. The topological polar surface area (TPSA) is 124 Å². The first kappa shape index (κ1) is 21.0. The highest BCUT2D eigenvalue weighted by molar-refractivity contribution is 5.93. The van der Waals surface area contributed by atoms with E-state index < -0.39 is 40.6 Å². The van der Waals surface area contributed by atoms with Gasteiger partial charge in [-0.15, -0.1) is 0 Å². The Labute approximate surface area is 183 Å². The first-order valence-corrected chi connectivity index (χ1v) is 11.7. The Morgan fingerprint density at radius 2 is 1.68 bits per heavy atom. The number of amides is 3. The zero-order valence-electron chi connectivity index (χ0n) is 18.7. The Hall–Kier alpha value is -1.83. The summed E-state index contributed by atoms with van der Waals surface area (Å²) in [4.78, 5) is 41.9. The van der Waals surface area contributed by atoms with E-state index in [4.69, 9.17) is 5.73 Å². The first-order valence-electron chi connectivity index (χ1n) is 11.7. The lowest BCUT2D eigenvalue weighted by Gasteiger charge is -2.64. The van der Waals surface area contributed by atoms with Gasteiger partial charge in [-0.25, -0.2) is 4.79 Å². The molecule has 8 nitrogen and oxygen atoms in total. The van der Waals surface area contributed by atoms with Crippen molar-refractivity contribution in [3.8, 4) is 0 Å². The molecular weight excluding hydrogens is 398 g/mol. The summed E-state index contributed by atoms with van der Waals surface area (Å²) in [6.07, 6.45) is 4.79. The molecule has 6 fully saturated rings. The van der Waals surface area contributed by atoms with Crippen molar-refractivity contribution >= 4 is 17.9 Å². The fourth-order valence-electron chi connectivity index (χ4n) is 8.20. The van der Waals surface area contributed by atoms with E-state index in [1.54, 1.807) is 4.90 Å². The quantitative estimate of drug-likeness (QED) is 0.625. The molecule has 4 bridgehead atoms. The summed E-state index contributed by atoms with van der Waals surface area (Å²) in [6.45, 7) is 5.43. The predicted octanol–water partition coefficient (Wildman–Crippen LogP) is 1.94. The van der Waals surface area contributed by atoms with Gasteiger partial charge < -0.3 is 20.8 Å². The molecule has 8 atom stereocenters. The third kappa shape index (κ3) is 3.16. The normalized spacial score (nSPS) is 43.5. The molecule has 0 aromatic carbocycles. The summed E-state index contributed by atoms with van der Waals surface area (Å²) in [5.41, 5.74) is 3.43. The number of fused-ring (bicyclic) bond motifs is 1. The molecule has 6 rings (SSSR count). The molecule has 1 saturated heterocycles. The van der Waals surface area contributed by atoms with Crippen LogP contribution in [0.25, 0.3) is 0 Å². The Morgan fingerprint density at radius 1 is 1.06 bits per heavy atom. The zero-order chi connectivity index (χ0) is 22.5. The molecule has 8 heteroatoms. The lowest BCUT2D eigenvalue weighted by atomic mass is 9.45. The molecule has 172 valence electrons. The van der Waals surface area contributed by atoms with Crippen molar-refractivity contribution in [2.24, 2.45) is 28.9 Å². The monoisotopic (exact) mass is 433 g/mol. The molecule has 0 radical (unpaired) electrons. The zero-order valence-corrected chi connectivity index (χ0v) is 18.7. The molecule has 2 unspecified atom stereocenters. The van der Waals surface area contributed by atoms with Crippen molar-refractivity contribution in [1.29, 1.82) is 0 Å². The maximum atomic E-state index is 14.2. The van der Waals surface area contributed by atoms with E-state index in [2.05, 4.69) is 0 Å². The van der Waals surface area contributed by atoms with Gasteiger partial charge in [0.25, 0.3) is 0 Å². The molecule has 0 spiro atoms. The highest BCUT2D eigenvalue weighted by Crippen LogP contribution is 2.64. The Kier molecular flexibility index (Phi) is 4.32. The smallest absolute Gasteiger partial charge is 0.408 e. The molecule has 4 N–H and O–H groups in total. The molecule has 5 saturated carbocycles. The Morgan fingerprint density at radius 3 is 2.16 bits per heavy atom. The van der Waals surface area contributed by atoms with Crippen LogP contribution in [0, 0.1) is 23.2 Å². The van der Waals surface area contributed by atoms with Crippen LogP contribution < -0.4 is 5.73 Å². The van der Waals surface area contributed by atoms with Crippen molar-refractivity contribution in [3.05, 3.63) is 0 Å². The van der Waals surface area contributed by atoms with Crippen LogP contribution in [0.15, 0.2) is 0 Å². The van der Waals surface area contributed by atoms with Crippen molar-refractivity contribution < 1.29 is 24.6 Å². The molecule has 1 aliphatic heterocycles. The summed E-state index contributed by atoms with van der Waals surface area (Å²) in [6, 6.07) is -1.59. The van der Waals surface area contributed by atoms with E-state index in [9.17, 15) is 24.6 Å². The molecule has 6 aliphatic rings. The van der Waals surface area contributed by atoms with E-state index in [1.807, 2.05) is 20.8 Å². The molecule has 1 heterocycles. The van der Waals surface area contributed by atoms with Crippen LogP contribution in [0.3, 0.4) is 0 Å². The minimum absolute atomic E-state index is 0.0138. The number of primary amides is 1. The molecule has 0 aromatic heterocycles. The highest BCUT2D eigenvalue weighted by atomic mass is 16.4. The van der Waals surface area contributed by atoms with Gasteiger partial charge in [0.2, 0.25) is 11.8 Å². The Balaban J connectivity index is 1.60. The largest absolute Gasteiger partial charge is 0.465 e. The number of aliphatic hydroxyl groups is 1. The predicted molar refractivity (Wildman–Crippen MR) is 112 cm³/mol. The number of carbonyl (C=O) groups excluding carboxylic acids is 2. The van der Waals surface area contributed by atoms with Gasteiger partial charge in [-0.3, -0.25) is 14.5 Å². The lowest BCUT2D eigenvalue weighted by Crippen LogP contribution is -2.70. The third-order valence-electron chi connectivity index (χ3n) is 8.76. The van der Waals surface area contributed by atoms with E-state index in [1.165, 1.54) is 4.90 Å². The van der Waals surface area contributed by atoms with Crippen molar-refractivity contribution in [3.63, 3.8) is 0 Å². The summed E-state index contributed by atoms with van der Waals surface area (Å²) in [5.74, 6) is 0.126. The van der Waals surface area contributed by atoms with Crippen LogP contribution in [0.5, 0.6) is 0 Å². The second-order valence-electron chi connectivity index (χ2n) is 12.2. The summed E-state index contributed by atoms with van der Waals surface area (Å²) >= 11 is 0. The standard InChI is InChI=1S/C23H35N3O5/c1-21(2,3)26(20(29)30)17(19(28)25-15-5-14(15)6-16(25)18(24)27)22-7-12-4-13(8-22)10-23(31,9-12)11-22/h12-17,31H,4-11H2,1-3H3,(H2,24,27)(H,29,30)/t12-,13+,14-,15-,16-,17-,22?,23?/m0/s1. The highest BCUT2D eigenvalue weighted by Gasteiger charge is 2.66. The average Bonchev–Trinajstić information content (AvgIpc) is 3.25. The number of nitrogens with zero attached hydrogens (tertiary/aromatic N) is 2. The van der Waals surface area contributed by atoms with E-state index in [-0.39, 0.29) is 17.9 Å². The number of nitrogens with two attached hydrogens (primary N) is 1. The SMILES string of the molecule is CC(C)(C)N(C(=O)O)[C@@H](C(=O)N1[C@H](C(N)=O)C[C@@H]2C[C@@H]21)C12C[C@@H]3C[C@@H](CC(O)(C3)C1)C2. The van der Waals surface area contributed by atoms with Gasteiger partial charge in [0.15, 0.2) is 0 Å². The van der Waals surface area contributed by atoms with Crippen molar-refractivity contribution in [1.82, 2.24) is 9.80 Å². The third-order valence-corrected chi connectivity index (χ3v) is 8.76. The minimum atomic E-state index is -1.13. The molecule has 0 aromatic rings. The lowest BCUT2D eigenvalue weighted by molar-refractivity contribution is -0.195. The summed E-state index contributed by atoms with van der Waals surface area (Å²) < 4.78 is 0. The van der Waals surface area contributed by atoms with Gasteiger partial charge in [-0.2, -0.15) is 0 Å². The van der Waals surface area contributed by atoms with Crippen molar-refractivity contribution in [2.45, 2.75) is 101 Å². The van der Waals surface area contributed by atoms with Crippen LogP contribution >= 0.6 is 0 Å². The van der Waals surface area contributed by atoms with Gasteiger partial charge in [-0.1, -0.05) is 0 Å².